The van der Waals surface area contributed by atoms with Crippen LogP contribution in [-0.2, 0) is 6.42 Å². The highest BCUT2D eigenvalue weighted by Crippen LogP contribution is 2.26. The molecule has 2 rings (SSSR count). The van der Waals surface area contributed by atoms with Crippen molar-refractivity contribution in [2.75, 3.05) is 11.9 Å². The van der Waals surface area contributed by atoms with E-state index in [0.29, 0.717) is 0 Å². The normalized spacial score (nSPS) is 16.5. The maximum absolute atomic E-state index is 4.55. The van der Waals surface area contributed by atoms with Crippen LogP contribution >= 0.6 is 15.9 Å². The average molecular weight is 326 g/mol. The monoisotopic (exact) mass is 325 g/mol. The first-order valence-corrected chi connectivity index (χ1v) is 8.34. The summed E-state index contributed by atoms with van der Waals surface area (Å²) < 4.78 is 0.881. The van der Waals surface area contributed by atoms with E-state index in [2.05, 4.69) is 38.1 Å². The van der Waals surface area contributed by atoms with E-state index in [-0.39, 0.29) is 0 Å². The molecule has 0 amide bonds. The Kier molecular flexibility index (Phi) is 6.08. The zero-order valence-electron chi connectivity index (χ0n) is 11.8. The van der Waals surface area contributed by atoms with Crippen LogP contribution < -0.4 is 5.32 Å². The van der Waals surface area contributed by atoms with Gasteiger partial charge in [0, 0.05) is 19.0 Å². The Balaban J connectivity index is 1.81. The van der Waals surface area contributed by atoms with Crippen molar-refractivity contribution in [2.45, 2.75) is 58.3 Å². The van der Waals surface area contributed by atoms with E-state index < -0.39 is 0 Å². The van der Waals surface area contributed by atoms with Gasteiger partial charge in [0.2, 0.25) is 0 Å². The number of hydrogen-bond donors (Lipinski definition) is 1. The van der Waals surface area contributed by atoms with Crippen molar-refractivity contribution in [3.05, 3.63) is 16.5 Å². The molecule has 19 heavy (non-hydrogen) atoms. The van der Waals surface area contributed by atoms with Crippen molar-refractivity contribution >= 4 is 21.7 Å². The molecule has 0 bridgehead atoms. The zero-order valence-corrected chi connectivity index (χ0v) is 13.4. The fourth-order valence-electron chi connectivity index (χ4n) is 2.77. The topological polar surface area (TPSA) is 37.8 Å². The van der Waals surface area contributed by atoms with Crippen molar-refractivity contribution in [1.29, 1.82) is 0 Å². The number of rotatable bonds is 6. The van der Waals surface area contributed by atoms with Crippen LogP contribution in [0.25, 0.3) is 0 Å². The van der Waals surface area contributed by atoms with Crippen LogP contribution in [0.2, 0.25) is 0 Å². The number of aryl methyl sites for hydroxylation is 1. The SMILES string of the molecule is CCCc1nc(Br)cc(NCCC2CCCCC2)n1. The fourth-order valence-corrected chi connectivity index (χ4v) is 3.19. The second-order valence-corrected chi connectivity index (χ2v) is 6.27. The van der Waals surface area contributed by atoms with Crippen LogP contribution in [0.4, 0.5) is 5.82 Å². The summed E-state index contributed by atoms with van der Waals surface area (Å²) in [5.41, 5.74) is 0. The second kappa shape index (κ2) is 7.83. The van der Waals surface area contributed by atoms with Gasteiger partial charge in [-0.25, -0.2) is 9.97 Å². The first kappa shape index (κ1) is 14.8. The minimum Gasteiger partial charge on any atom is -0.370 e. The summed E-state index contributed by atoms with van der Waals surface area (Å²) in [4.78, 5) is 8.94. The molecule has 1 saturated carbocycles. The number of halogens is 1. The summed E-state index contributed by atoms with van der Waals surface area (Å²) in [6.45, 7) is 3.18. The standard InChI is InChI=1S/C15H24BrN3/c1-2-6-14-18-13(16)11-15(19-14)17-10-9-12-7-4-3-5-8-12/h11-12H,2-10H2,1H3,(H,17,18,19). The Bertz CT molecular complexity index is 389. The molecule has 1 heterocycles. The van der Waals surface area contributed by atoms with Gasteiger partial charge in [-0.05, 0) is 34.7 Å². The third-order valence-electron chi connectivity index (χ3n) is 3.80. The van der Waals surface area contributed by atoms with E-state index >= 15 is 0 Å². The quantitative estimate of drug-likeness (QED) is 0.778. The molecule has 0 aromatic carbocycles. The van der Waals surface area contributed by atoms with Gasteiger partial charge in [-0.3, -0.25) is 0 Å². The highest BCUT2D eigenvalue weighted by molar-refractivity contribution is 9.10. The van der Waals surface area contributed by atoms with Gasteiger partial charge in [0.15, 0.2) is 0 Å². The summed E-state index contributed by atoms with van der Waals surface area (Å²) >= 11 is 3.46. The van der Waals surface area contributed by atoms with Gasteiger partial charge in [-0.15, -0.1) is 0 Å². The minimum atomic E-state index is 0.881. The van der Waals surface area contributed by atoms with Crippen molar-refractivity contribution in [3.8, 4) is 0 Å². The molecule has 1 N–H and O–H groups in total. The van der Waals surface area contributed by atoms with E-state index in [1.807, 2.05) is 6.07 Å². The van der Waals surface area contributed by atoms with Gasteiger partial charge in [0.05, 0.1) is 0 Å². The number of aromatic nitrogens is 2. The highest BCUT2D eigenvalue weighted by atomic mass is 79.9. The molecule has 3 nitrogen and oxygen atoms in total. The molecule has 1 aromatic heterocycles. The molecule has 0 spiro atoms. The number of anilines is 1. The first-order chi connectivity index (χ1) is 9.28. The molecule has 0 atom stereocenters. The van der Waals surface area contributed by atoms with Crippen LogP contribution in [0.5, 0.6) is 0 Å². The molecule has 0 aliphatic heterocycles. The lowest BCUT2D eigenvalue weighted by atomic mass is 9.87. The number of nitrogens with one attached hydrogen (secondary N) is 1. The van der Waals surface area contributed by atoms with Crippen LogP contribution in [0, 0.1) is 5.92 Å². The van der Waals surface area contributed by atoms with Gasteiger partial charge in [-0.1, -0.05) is 39.0 Å². The van der Waals surface area contributed by atoms with E-state index in [1.165, 1.54) is 38.5 Å². The summed E-state index contributed by atoms with van der Waals surface area (Å²) in [7, 11) is 0. The van der Waals surface area contributed by atoms with Gasteiger partial charge in [0.25, 0.3) is 0 Å². The summed E-state index contributed by atoms with van der Waals surface area (Å²) in [6.07, 6.45) is 10.4. The van der Waals surface area contributed by atoms with Crippen molar-refractivity contribution < 1.29 is 0 Å². The van der Waals surface area contributed by atoms with Gasteiger partial charge in [-0.2, -0.15) is 0 Å². The van der Waals surface area contributed by atoms with Crippen LogP contribution in [0.3, 0.4) is 0 Å². The van der Waals surface area contributed by atoms with E-state index in [0.717, 1.165) is 41.5 Å². The summed E-state index contributed by atoms with van der Waals surface area (Å²) in [6, 6.07) is 1.97. The minimum absolute atomic E-state index is 0.881. The molecule has 0 radical (unpaired) electrons. The predicted molar refractivity (Wildman–Crippen MR) is 83.4 cm³/mol. The molecule has 1 fully saturated rings. The fraction of sp³-hybridized carbons (Fsp3) is 0.733. The van der Waals surface area contributed by atoms with E-state index in [1.54, 1.807) is 0 Å². The molecule has 106 valence electrons. The predicted octanol–water partition coefficient (Wildman–Crippen LogP) is 4.57. The molecule has 0 unspecified atom stereocenters. The largest absolute Gasteiger partial charge is 0.370 e. The molecule has 1 aromatic rings. The van der Waals surface area contributed by atoms with Crippen LogP contribution in [-0.4, -0.2) is 16.5 Å². The number of nitrogens with zero attached hydrogens (tertiary/aromatic N) is 2. The van der Waals surface area contributed by atoms with Crippen LogP contribution in [0.15, 0.2) is 10.7 Å². The third kappa shape index (κ3) is 5.09. The Labute approximate surface area is 124 Å². The van der Waals surface area contributed by atoms with Crippen molar-refractivity contribution in [1.82, 2.24) is 9.97 Å². The maximum Gasteiger partial charge on any atom is 0.132 e. The Morgan fingerprint density at radius 2 is 2.05 bits per heavy atom. The van der Waals surface area contributed by atoms with Gasteiger partial charge < -0.3 is 5.32 Å². The van der Waals surface area contributed by atoms with Crippen molar-refractivity contribution in [3.63, 3.8) is 0 Å². The Morgan fingerprint density at radius 1 is 1.26 bits per heavy atom. The van der Waals surface area contributed by atoms with Gasteiger partial charge in [0.1, 0.15) is 16.2 Å². The molecule has 1 aliphatic carbocycles. The zero-order chi connectivity index (χ0) is 13.5. The Morgan fingerprint density at radius 3 is 2.79 bits per heavy atom. The average Bonchev–Trinajstić information content (AvgIpc) is 2.40. The molecule has 1 aliphatic rings. The van der Waals surface area contributed by atoms with Crippen molar-refractivity contribution in [2.24, 2.45) is 5.92 Å². The molecule has 0 saturated heterocycles. The highest BCUT2D eigenvalue weighted by Gasteiger charge is 2.12. The first-order valence-electron chi connectivity index (χ1n) is 7.55. The lowest BCUT2D eigenvalue weighted by molar-refractivity contribution is 0.345. The summed E-state index contributed by atoms with van der Waals surface area (Å²) in [5, 5.41) is 3.45. The Hall–Kier alpha value is -0.640. The van der Waals surface area contributed by atoms with Gasteiger partial charge >= 0.3 is 0 Å². The number of hydrogen-bond acceptors (Lipinski definition) is 3. The molecular formula is C15H24BrN3. The molecular weight excluding hydrogens is 302 g/mol. The molecule has 4 heteroatoms. The lowest BCUT2D eigenvalue weighted by Crippen LogP contribution is -2.13. The van der Waals surface area contributed by atoms with E-state index in [9.17, 15) is 0 Å². The smallest absolute Gasteiger partial charge is 0.132 e. The maximum atomic E-state index is 4.55. The van der Waals surface area contributed by atoms with Crippen LogP contribution in [0.1, 0.15) is 57.7 Å². The lowest BCUT2D eigenvalue weighted by Gasteiger charge is -2.21. The van der Waals surface area contributed by atoms with E-state index in [4.69, 9.17) is 0 Å². The summed E-state index contributed by atoms with van der Waals surface area (Å²) in [5.74, 6) is 2.81. The third-order valence-corrected chi connectivity index (χ3v) is 4.20. The second-order valence-electron chi connectivity index (χ2n) is 5.46.